The summed E-state index contributed by atoms with van der Waals surface area (Å²) in [4.78, 5) is 0. The van der Waals surface area contributed by atoms with E-state index in [1.165, 1.54) is 15.9 Å². The summed E-state index contributed by atoms with van der Waals surface area (Å²) in [5, 5.41) is 4.31. The molecule has 0 fully saturated rings. The molecule has 3 aromatic carbocycles. The van der Waals surface area contributed by atoms with E-state index in [4.69, 9.17) is 0 Å². The Morgan fingerprint density at radius 3 is 0.900 bits per heavy atom. The molecule has 0 aromatic heterocycles. The Kier molecular flexibility index (Phi) is 5.71. The van der Waals surface area contributed by atoms with Crippen LogP contribution in [-0.2, 0) is 21.1 Å². The molecule has 3 aromatic rings. The quantitative estimate of drug-likeness (QED) is 0.529. The molecule has 0 heterocycles. The van der Waals surface area contributed by atoms with E-state index in [2.05, 4.69) is 91.0 Å². The smallest absolute Gasteiger partial charge is 0.0620 e. The zero-order chi connectivity index (χ0) is 12.9. The minimum absolute atomic E-state index is 0. The van der Waals surface area contributed by atoms with Crippen molar-refractivity contribution in [1.82, 2.24) is 0 Å². The summed E-state index contributed by atoms with van der Waals surface area (Å²) in [6.07, 6.45) is 0. The topological polar surface area (TPSA) is 0 Å². The Hall–Kier alpha value is -1.22. The van der Waals surface area contributed by atoms with Crippen molar-refractivity contribution in [2.24, 2.45) is 0 Å². The molecule has 3 rings (SSSR count). The molecule has 0 aliphatic heterocycles. The van der Waals surface area contributed by atoms with E-state index in [0.29, 0.717) is 0 Å². The molecule has 0 unspecified atom stereocenters. The Morgan fingerprint density at radius 2 is 0.650 bits per heavy atom. The Balaban J connectivity index is 0.00000147. The number of hydrogen-bond donors (Lipinski definition) is 0. The van der Waals surface area contributed by atoms with Gasteiger partial charge in [0.15, 0.2) is 0 Å². The van der Waals surface area contributed by atoms with Crippen molar-refractivity contribution < 1.29 is 21.1 Å². The third-order valence-electron chi connectivity index (χ3n) is 3.19. The first-order chi connectivity index (χ1) is 9.45. The van der Waals surface area contributed by atoms with Crippen molar-refractivity contribution in [2.75, 3.05) is 0 Å². The van der Waals surface area contributed by atoms with E-state index in [1.807, 2.05) is 0 Å². The summed E-state index contributed by atoms with van der Waals surface area (Å²) in [5.74, 6) is 0. The van der Waals surface area contributed by atoms with Crippen LogP contribution in [0.15, 0.2) is 91.0 Å². The third kappa shape index (κ3) is 3.45. The van der Waals surface area contributed by atoms with E-state index in [-0.39, 0.29) is 21.1 Å². The van der Waals surface area contributed by atoms with Crippen LogP contribution >= 0.6 is 7.92 Å². The zero-order valence-corrected chi connectivity index (χ0v) is 14.2. The van der Waals surface area contributed by atoms with Crippen LogP contribution in [0, 0.1) is 0 Å². The minimum atomic E-state index is -0.877. The molecule has 0 spiro atoms. The van der Waals surface area contributed by atoms with E-state index in [9.17, 15) is 0 Å². The maximum Gasteiger partial charge on any atom is 0.102 e. The summed E-state index contributed by atoms with van der Waals surface area (Å²) in [6.45, 7) is 0. The summed E-state index contributed by atoms with van der Waals surface area (Å²) < 4.78 is 0. The van der Waals surface area contributed by atoms with E-state index in [1.54, 1.807) is 0 Å². The van der Waals surface area contributed by atoms with E-state index in [0.717, 1.165) is 0 Å². The average Bonchev–Trinajstić information content (AvgIpc) is 2.51. The van der Waals surface area contributed by atoms with Gasteiger partial charge in [0.05, 0.1) is 7.92 Å². The zero-order valence-electron chi connectivity index (χ0n) is 11.0. The van der Waals surface area contributed by atoms with Crippen LogP contribution in [0.5, 0.6) is 0 Å². The van der Waals surface area contributed by atoms with Gasteiger partial charge in [0.25, 0.3) is 0 Å². The monoisotopic (exact) mass is 458 g/mol. The van der Waals surface area contributed by atoms with Gasteiger partial charge in [-0.05, 0) is 36.4 Å². The molecule has 2 heteroatoms. The van der Waals surface area contributed by atoms with E-state index >= 15 is 0 Å². The molecular weight excluding hydrogens is 442 g/mol. The largest absolute Gasteiger partial charge is 0.102 e. The summed E-state index contributed by atoms with van der Waals surface area (Å²) in [5.41, 5.74) is 0. The van der Waals surface area contributed by atoms with Crippen LogP contribution in [0.4, 0.5) is 0 Å². The van der Waals surface area contributed by atoms with Crippen LogP contribution in [0.2, 0.25) is 0 Å². The first-order valence-electron chi connectivity index (χ1n) is 6.48. The summed E-state index contributed by atoms with van der Waals surface area (Å²) in [7, 11) is -0.877. The van der Waals surface area contributed by atoms with Gasteiger partial charge in [-0.2, -0.15) is 0 Å². The van der Waals surface area contributed by atoms with Gasteiger partial charge in [-0.3, -0.25) is 0 Å². The Morgan fingerprint density at radius 1 is 0.400 bits per heavy atom. The van der Waals surface area contributed by atoms with Crippen LogP contribution < -0.4 is 15.9 Å². The normalized spacial score (nSPS) is 10.1. The molecule has 102 valence electrons. The average molecular weight is 458 g/mol. The fourth-order valence-corrected chi connectivity index (χ4v) is 4.89. The van der Waals surface area contributed by atoms with Crippen LogP contribution in [0.25, 0.3) is 0 Å². The van der Waals surface area contributed by atoms with Gasteiger partial charge in [-0.1, -0.05) is 54.6 Å². The third-order valence-corrected chi connectivity index (χ3v) is 5.92. The van der Waals surface area contributed by atoms with Gasteiger partial charge in [-0.15, -0.1) is 0 Å². The molecule has 0 atom stereocenters. The number of hydrogen-bond acceptors (Lipinski definition) is 0. The predicted octanol–water partition coefficient (Wildman–Crippen LogP) is 3.17. The molecular formula is C18H16PPt+. The molecule has 0 saturated carbocycles. The van der Waals surface area contributed by atoms with Gasteiger partial charge in [0.1, 0.15) is 15.9 Å². The molecule has 0 radical (unpaired) electrons. The van der Waals surface area contributed by atoms with Gasteiger partial charge < -0.3 is 0 Å². The van der Waals surface area contributed by atoms with E-state index < -0.39 is 7.92 Å². The van der Waals surface area contributed by atoms with Crippen molar-refractivity contribution in [3.05, 3.63) is 91.0 Å². The molecule has 0 aliphatic rings. The molecule has 0 N–H and O–H groups in total. The number of rotatable bonds is 3. The fourth-order valence-electron chi connectivity index (χ4n) is 2.31. The maximum atomic E-state index is 2.24. The second-order valence-corrected chi connectivity index (χ2v) is 6.96. The van der Waals surface area contributed by atoms with Crippen molar-refractivity contribution in [3.8, 4) is 0 Å². The van der Waals surface area contributed by atoms with Crippen LogP contribution in [0.3, 0.4) is 0 Å². The molecule has 0 nitrogen and oxygen atoms in total. The predicted molar refractivity (Wildman–Crippen MR) is 86.5 cm³/mol. The molecule has 0 aliphatic carbocycles. The first kappa shape index (κ1) is 15.2. The second-order valence-electron chi connectivity index (χ2n) is 4.47. The fraction of sp³-hybridized carbons (Fsp3) is 0. The Labute approximate surface area is 135 Å². The van der Waals surface area contributed by atoms with Crippen molar-refractivity contribution in [3.63, 3.8) is 0 Å². The minimum Gasteiger partial charge on any atom is -0.0620 e. The first-order valence-corrected chi connectivity index (χ1v) is 7.98. The molecule has 0 amide bonds. The SMILES string of the molecule is [Pt].c1ccc([PH+](c2ccccc2)c2ccccc2)cc1. The molecule has 20 heavy (non-hydrogen) atoms. The van der Waals surface area contributed by atoms with Gasteiger partial charge in [0, 0.05) is 21.1 Å². The summed E-state index contributed by atoms with van der Waals surface area (Å²) >= 11 is 0. The summed E-state index contributed by atoms with van der Waals surface area (Å²) in [6, 6.07) is 32.5. The number of benzene rings is 3. The van der Waals surface area contributed by atoms with Gasteiger partial charge >= 0.3 is 0 Å². The second kappa shape index (κ2) is 7.53. The van der Waals surface area contributed by atoms with Crippen LogP contribution in [-0.4, -0.2) is 0 Å². The van der Waals surface area contributed by atoms with Gasteiger partial charge in [-0.25, -0.2) is 0 Å². The molecule has 0 bridgehead atoms. The van der Waals surface area contributed by atoms with Gasteiger partial charge in [0.2, 0.25) is 0 Å². The standard InChI is InChI=1S/C18H15P.Pt/c1-4-10-16(11-5-1)19(17-12-6-2-7-13-17)18-14-8-3-9-15-18;/h1-15H;/p+1. The molecule has 0 saturated heterocycles. The van der Waals surface area contributed by atoms with Crippen molar-refractivity contribution in [2.45, 2.75) is 0 Å². The van der Waals surface area contributed by atoms with Crippen LogP contribution in [0.1, 0.15) is 0 Å². The Bertz CT molecular complexity index is 529. The maximum absolute atomic E-state index is 2.24. The van der Waals surface area contributed by atoms with Crippen molar-refractivity contribution in [1.29, 1.82) is 0 Å². The van der Waals surface area contributed by atoms with Crippen molar-refractivity contribution >= 4 is 23.8 Å².